The van der Waals surface area contributed by atoms with Crippen molar-refractivity contribution in [2.24, 2.45) is 5.92 Å². The lowest BCUT2D eigenvalue weighted by molar-refractivity contribution is -0.136. The number of morpholine rings is 1. The van der Waals surface area contributed by atoms with Gasteiger partial charge in [0, 0.05) is 32.7 Å². The summed E-state index contributed by atoms with van der Waals surface area (Å²) in [5, 5.41) is 0. The van der Waals surface area contributed by atoms with E-state index in [2.05, 4.69) is 34.1 Å². The van der Waals surface area contributed by atoms with E-state index in [1.54, 1.807) is 0 Å². The summed E-state index contributed by atoms with van der Waals surface area (Å²) < 4.78 is 5.44. The molecule has 0 N–H and O–H groups in total. The number of likely N-dealkylation sites (tertiary alicyclic amines) is 1. The molecule has 1 aliphatic carbocycles. The monoisotopic (exact) mass is 328 g/mol. The van der Waals surface area contributed by atoms with E-state index in [1.807, 2.05) is 6.07 Å². The normalized spacial score (nSPS) is 27.0. The number of rotatable bonds is 4. The number of hydrogen-bond donors (Lipinski definition) is 0. The van der Waals surface area contributed by atoms with Gasteiger partial charge in [0.1, 0.15) is 0 Å². The maximum absolute atomic E-state index is 13.2. The van der Waals surface area contributed by atoms with Crippen molar-refractivity contribution in [1.82, 2.24) is 9.80 Å². The van der Waals surface area contributed by atoms with Crippen molar-refractivity contribution in [3.8, 4) is 0 Å². The minimum Gasteiger partial charge on any atom is -0.379 e. The first-order chi connectivity index (χ1) is 11.8. The third-order valence-corrected chi connectivity index (χ3v) is 5.91. The molecule has 1 saturated carbocycles. The van der Waals surface area contributed by atoms with Gasteiger partial charge in [-0.05, 0) is 37.2 Å². The molecule has 0 bridgehead atoms. The molecule has 2 heterocycles. The number of carbonyl (C=O) groups is 1. The summed E-state index contributed by atoms with van der Waals surface area (Å²) >= 11 is 0. The van der Waals surface area contributed by atoms with Gasteiger partial charge in [-0.2, -0.15) is 0 Å². The molecule has 1 unspecified atom stereocenters. The van der Waals surface area contributed by atoms with Crippen LogP contribution in [0.15, 0.2) is 30.3 Å². The van der Waals surface area contributed by atoms with Crippen LogP contribution in [-0.2, 0) is 14.9 Å². The number of piperidine rings is 1. The molecule has 2 aliphatic heterocycles. The van der Waals surface area contributed by atoms with Crippen molar-refractivity contribution >= 4 is 5.91 Å². The Hall–Kier alpha value is -1.39. The maximum atomic E-state index is 13.2. The molecule has 1 aromatic carbocycles. The van der Waals surface area contributed by atoms with Crippen LogP contribution in [0.25, 0.3) is 0 Å². The maximum Gasteiger partial charge on any atom is 0.233 e. The first-order valence-electron chi connectivity index (χ1n) is 9.43. The fraction of sp³-hybridized carbons (Fsp3) is 0.650. The van der Waals surface area contributed by atoms with Crippen molar-refractivity contribution in [3.05, 3.63) is 35.9 Å². The smallest absolute Gasteiger partial charge is 0.233 e. The van der Waals surface area contributed by atoms with E-state index in [0.717, 1.165) is 65.2 Å². The minimum absolute atomic E-state index is 0.206. The fourth-order valence-corrected chi connectivity index (χ4v) is 4.36. The SMILES string of the molecule is O=C(N1CCCC(CN2CCOCC2)C1)C1(c2ccccc2)CC1. The highest BCUT2D eigenvalue weighted by molar-refractivity contribution is 5.91. The van der Waals surface area contributed by atoms with Gasteiger partial charge in [0.2, 0.25) is 5.91 Å². The van der Waals surface area contributed by atoms with E-state index in [-0.39, 0.29) is 5.41 Å². The van der Waals surface area contributed by atoms with Crippen LogP contribution in [0, 0.1) is 5.92 Å². The minimum atomic E-state index is -0.206. The lowest BCUT2D eigenvalue weighted by Gasteiger charge is -2.38. The molecule has 24 heavy (non-hydrogen) atoms. The molecule has 4 nitrogen and oxygen atoms in total. The Morgan fingerprint density at radius 2 is 1.88 bits per heavy atom. The van der Waals surface area contributed by atoms with Crippen LogP contribution in [0.3, 0.4) is 0 Å². The lowest BCUT2D eigenvalue weighted by atomic mass is 9.91. The van der Waals surface area contributed by atoms with Gasteiger partial charge in [0.15, 0.2) is 0 Å². The third kappa shape index (κ3) is 3.22. The first-order valence-corrected chi connectivity index (χ1v) is 9.43. The van der Waals surface area contributed by atoms with Gasteiger partial charge >= 0.3 is 0 Å². The molecule has 2 saturated heterocycles. The zero-order chi connectivity index (χ0) is 16.4. The molecular formula is C20H28N2O2. The Balaban J connectivity index is 1.39. The number of carbonyl (C=O) groups excluding carboxylic acids is 1. The fourth-order valence-electron chi connectivity index (χ4n) is 4.36. The van der Waals surface area contributed by atoms with Crippen molar-refractivity contribution in [3.63, 3.8) is 0 Å². The summed E-state index contributed by atoms with van der Waals surface area (Å²) in [6, 6.07) is 10.4. The molecule has 0 radical (unpaired) electrons. The van der Waals surface area contributed by atoms with Gasteiger partial charge in [-0.25, -0.2) is 0 Å². The topological polar surface area (TPSA) is 32.8 Å². The Labute approximate surface area is 144 Å². The molecule has 130 valence electrons. The molecule has 1 aromatic rings. The molecule has 0 aromatic heterocycles. The van der Waals surface area contributed by atoms with Gasteiger partial charge in [-0.3, -0.25) is 9.69 Å². The summed E-state index contributed by atoms with van der Waals surface area (Å²) in [6.07, 6.45) is 4.42. The van der Waals surface area contributed by atoms with Crippen LogP contribution in [0.2, 0.25) is 0 Å². The summed E-state index contributed by atoms with van der Waals surface area (Å²) in [5.74, 6) is 0.993. The first kappa shape index (κ1) is 16.1. The predicted octanol–water partition coefficient (Wildman–Crippen LogP) is 2.29. The van der Waals surface area contributed by atoms with Crippen molar-refractivity contribution in [2.75, 3.05) is 45.9 Å². The van der Waals surface area contributed by atoms with Gasteiger partial charge in [0.25, 0.3) is 0 Å². The summed E-state index contributed by atoms with van der Waals surface area (Å²) in [6.45, 7) is 6.78. The van der Waals surface area contributed by atoms with Crippen LogP contribution in [0.4, 0.5) is 0 Å². The quantitative estimate of drug-likeness (QED) is 0.850. The number of amides is 1. The second kappa shape index (κ2) is 6.85. The second-order valence-electron chi connectivity index (χ2n) is 7.62. The summed E-state index contributed by atoms with van der Waals surface area (Å²) in [7, 11) is 0. The Morgan fingerprint density at radius 3 is 2.58 bits per heavy atom. The molecule has 4 heteroatoms. The average Bonchev–Trinajstić information content (AvgIpc) is 3.45. The van der Waals surface area contributed by atoms with Crippen LogP contribution in [0.5, 0.6) is 0 Å². The summed E-state index contributed by atoms with van der Waals surface area (Å²) in [5.41, 5.74) is 1.01. The number of ether oxygens (including phenoxy) is 1. The van der Waals surface area contributed by atoms with E-state index in [1.165, 1.54) is 12.0 Å². The van der Waals surface area contributed by atoms with Crippen molar-refractivity contribution < 1.29 is 9.53 Å². The third-order valence-electron chi connectivity index (χ3n) is 5.91. The van der Waals surface area contributed by atoms with Crippen LogP contribution in [0.1, 0.15) is 31.2 Å². The highest BCUT2D eigenvalue weighted by atomic mass is 16.5. The molecule has 4 rings (SSSR count). The van der Waals surface area contributed by atoms with E-state index >= 15 is 0 Å². The lowest BCUT2D eigenvalue weighted by Crippen LogP contribution is -2.48. The second-order valence-corrected chi connectivity index (χ2v) is 7.62. The average molecular weight is 328 g/mol. The zero-order valence-corrected chi connectivity index (χ0v) is 14.5. The van der Waals surface area contributed by atoms with Gasteiger partial charge in [-0.1, -0.05) is 30.3 Å². The number of hydrogen-bond acceptors (Lipinski definition) is 3. The molecule has 3 aliphatic rings. The number of benzene rings is 1. The number of nitrogens with zero attached hydrogens (tertiary/aromatic N) is 2. The van der Waals surface area contributed by atoms with Crippen LogP contribution >= 0.6 is 0 Å². The largest absolute Gasteiger partial charge is 0.379 e. The molecular weight excluding hydrogens is 300 g/mol. The molecule has 0 spiro atoms. The van der Waals surface area contributed by atoms with E-state index in [9.17, 15) is 4.79 Å². The van der Waals surface area contributed by atoms with Crippen molar-refractivity contribution in [1.29, 1.82) is 0 Å². The van der Waals surface area contributed by atoms with Gasteiger partial charge in [0.05, 0.1) is 18.6 Å². The molecule has 1 atom stereocenters. The predicted molar refractivity (Wildman–Crippen MR) is 93.9 cm³/mol. The van der Waals surface area contributed by atoms with E-state index in [0.29, 0.717) is 11.8 Å². The van der Waals surface area contributed by atoms with Gasteiger partial charge in [-0.15, -0.1) is 0 Å². The molecule has 1 amide bonds. The standard InChI is InChI=1S/C20H28N2O2/c23-19(20(8-9-20)18-6-2-1-3-7-18)22-10-4-5-17(16-22)15-21-11-13-24-14-12-21/h1-3,6-7,17H,4-5,8-16H2. The van der Waals surface area contributed by atoms with Gasteiger partial charge < -0.3 is 9.64 Å². The van der Waals surface area contributed by atoms with E-state index in [4.69, 9.17) is 4.74 Å². The highest BCUT2D eigenvalue weighted by Gasteiger charge is 2.53. The van der Waals surface area contributed by atoms with Crippen LogP contribution in [-0.4, -0.2) is 61.6 Å². The summed E-state index contributed by atoms with van der Waals surface area (Å²) in [4.78, 5) is 17.9. The Morgan fingerprint density at radius 1 is 1.12 bits per heavy atom. The Bertz CT molecular complexity index is 564. The van der Waals surface area contributed by atoms with Crippen molar-refractivity contribution in [2.45, 2.75) is 31.1 Å². The van der Waals surface area contributed by atoms with E-state index < -0.39 is 0 Å². The van der Waals surface area contributed by atoms with Crippen LogP contribution < -0.4 is 0 Å². The molecule has 3 fully saturated rings. The highest BCUT2D eigenvalue weighted by Crippen LogP contribution is 2.49. The zero-order valence-electron chi connectivity index (χ0n) is 14.5. The Kier molecular flexibility index (Phi) is 4.59.